The standard InChI is InChI=1S/C25H26F2N2O4/c1-4-21(30)16-6-5-15(9-19(16)26)23(27)17-10-18-24(14(3)13(17)2)28-12-29(25(18)32)20-7-8-33-11-22(20)31/h5-6,9-10,12,20,22-23,31H,4,7-8,11H2,1-3H3/t20-,22-,23?/m0/s1. The highest BCUT2D eigenvalue weighted by Crippen LogP contribution is 2.34. The van der Waals surface area contributed by atoms with Crippen LogP contribution in [0.25, 0.3) is 10.9 Å². The van der Waals surface area contributed by atoms with E-state index in [9.17, 15) is 19.1 Å². The summed E-state index contributed by atoms with van der Waals surface area (Å²) in [5, 5.41) is 10.5. The molecule has 8 heteroatoms. The quantitative estimate of drug-likeness (QED) is 0.584. The number of aromatic nitrogens is 2. The van der Waals surface area contributed by atoms with Crippen molar-refractivity contribution < 1.29 is 23.4 Å². The van der Waals surface area contributed by atoms with Gasteiger partial charge in [0, 0.05) is 13.0 Å². The number of fused-ring (bicyclic) bond motifs is 1. The van der Waals surface area contributed by atoms with E-state index in [1.807, 2.05) is 0 Å². The lowest BCUT2D eigenvalue weighted by Crippen LogP contribution is -2.39. The Labute approximate surface area is 189 Å². The van der Waals surface area contributed by atoms with Crippen molar-refractivity contribution in [2.24, 2.45) is 0 Å². The van der Waals surface area contributed by atoms with Gasteiger partial charge >= 0.3 is 0 Å². The van der Waals surface area contributed by atoms with E-state index in [1.54, 1.807) is 20.8 Å². The molecular formula is C25H26F2N2O4. The van der Waals surface area contributed by atoms with Crippen LogP contribution in [0.4, 0.5) is 8.78 Å². The zero-order chi connectivity index (χ0) is 23.9. The average Bonchev–Trinajstić information content (AvgIpc) is 2.81. The largest absolute Gasteiger partial charge is 0.389 e. The molecular weight excluding hydrogens is 430 g/mol. The summed E-state index contributed by atoms with van der Waals surface area (Å²) in [5.74, 6) is -1.12. The van der Waals surface area contributed by atoms with Crippen molar-refractivity contribution in [3.63, 3.8) is 0 Å². The first kappa shape index (κ1) is 23.2. The molecule has 174 valence electrons. The van der Waals surface area contributed by atoms with Gasteiger partial charge in [-0.2, -0.15) is 0 Å². The van der Waals surface area contributed by atoms with Crippen LogP contribution < -0.4 is 5.56 Å². The summed E-state index contributed by atoms with van der Waals surface area (Å²) >= 11 is 0. The van der Waals surface area contributed by atoms with Crippen molar-refractivity contribution in [1.29, 1.82) is 0 Å². The van der Waals surface area contributed by atoms with Gasteiger partial charge in [0.15, 0.2) is 12.0 Å². The second-order valence-corrected chi connectivity index (χ2v) is 8.45. The molecule has 1 saturated heterocycles. The first-order valence-electron chi connectivity index (χ1n) is 11.0. The van der Waals surface area contributed by atoms with Gasteiger partial charge in [0.25, 0.3) is 5.56 Å². The minimum atomic E-state index is -1.70. The number of aliphatic hydroxyl groups is 1. The normalized spacial score (nSPS) is 19.6. The van der Waals surface area contributed by atoms with Crippen LogP contribution in [0.15, 0.2) is 35.4 Å². The molecule has 3 atom stereocenters. The number of rotatable bonds is 5. The Morgan fingerprint density at radius 1 is 1.30 bits per heavy atom. The second-order valence-electron chi connectivity index (χ2n) is 8.45. The Morgan fingerprint density at radius 3 is 2.73 bits per heavy atom. The van der Waals surface area contributed by atoms with Crippen LogP contribution in [-0.2, 0) is 4.74 Å². The fraction of sp³-hybridized carbons (Fsp3) is 0.400. The second kappa shape index (κ2) is 9.11. The van der Waals surface area contributed by atoms with E-state index in [0.717, 1.165) is 6.07 Å². The number of hydrogen-bond acceptors (Lipinski definition) is 5. The molecule has 1 fully saturated rings. The number of hydrogen-bond donors (Lipinski definition) is 1. The van der Waals surface area contributed by atoms with Crippen LogP contribution in [0.2, 0.25) is 0 Å². The van der Waals surface area contributed by atoms with Crippen LogP contribution in [0, 0.1) is 19.7 Å². The Hall–Kier alpha value is -2.97. The minimum Gasteiger partial charge on any atom is -0.389 e. The summed E-state index contributed by atoms with van der Waals surface area (Å²) in [5.41, 5.74) is 1.57. The predicted molar refractivity (Wildman–Crippen MR) is 120 cm³/mol. The summed E-state index contributed by atoms with van der Waals surface area (Å²) in [6.45, 7) is 5.67. The highest BCUT2D eigenvalue weighted by Gasteiger charge is 2.28. The maximum Gasteiger partial charge on any atom is 0.261 e. The summed E-state index contributed by atoms with van der Waals surface area (Å²) in [6.07, 6.45) is -0.515. The lowest BCUT2D eigenvalue weighted by molar-refractivity contribution is -0.0395. The summed E-state index contributed by atoms with van der Waals surface area (Å²) in [4.78, 5) is 29.6. The van der Waals surface area contributed by atoms with Gasteiger partial charge in [0.1, 0.15) is 5.82 Å². The Kier molecular flexibility index (Phi) is 6.41. The number of ether oxygens (including phenoxy) is 1. The van der Waals surface area contributed by atoms with Crippen LogP contribution in [0.3, 0.4) is 0 Å². The van der Waals surface area contributed by atoms with E-state index in [0.29, 0.717) is 29.7 Å². The number of aryl methyl sites for hydroxylation is 1. The first-order valence-corrected chi connectivity index (χ1v) is 11.0. The smallest absolute Gasteiger partial charge is 0.261 e. The van der Waals surface area contributed by atoms with Crippen molar-refractivity contribution >= 4 is 16.7 Å². The minimum absolute atomic E-state index is 0.0612. The molecule has 2 heterocycles. The molecule has 3 aromatic rings. The van der Waals surface area contributed by atoms with Gasteiger partial charge in [0.2, 0.25) is 0 Å². The van der Waals surface area contributed by atoms with E-state index < -0.39 is 24.1 Å². The van der Waals surface area contributed by atoms with Crippen LogP contribution in [-0.4, -0.2) is 39.8 Å². The topological polar surface area (TPSA) is 81.4 Å². The maximum atomic E-state index is 15.6. The zero-order valence-electron chi connectivity index (χ0n) is 18.8. The van der Waals surface area contributed by atoms with Gasteiger partial charge in [-0.05, 0) is 60.7 Å². The number of halogens is 2. The number of benzene rings is 2. The van der Waals surface area contributed by atoms with Gasteiger partial charge in [-0.25, -0.2) is 13.8 Å². The van der Waals surface area contributed by atoms with Gasteiger partial charge in [-0.3, -0.25) is 14.2 Å². The molecule has 1 aromatic heterocycles. The van der Waals surface area contributed by atoms with Crippen molar-refractivity contribution in [2.75, 3.05) is 13.2 Å². The monoisotopic (exact) mass is 456 g/mol. The summed E-state index contributed by atoms with van der Waals surface area (Å²) in [7, 11) is 0. The molecule has 0 radical (unpaired) electrons. The molecule has 1 unspecified atom stereocenters. The number of ketones is 1. The molecule has 1 N–H and O–H groups in total. The van der Waals surface area contributed by atoms with E-state index in [1.165, 1.54) is 29.1 Å². The third-order valence-electron chi connectivity index (χ3n) is 6.51. The predicted octanol–water partition coefficient (Wildman–Crippen LogP) is 4.13. The maximum absolute atomic E-state index is 15.6. The van der Waals surface area contributed by atoms with Crippen molar-refractivity contribution in [3.8, 4) is 0 Å². The molecule has 0 spiro atoms. The number of carbonyl (C=O) groups excluding carboxylic acids is 1. The van der Waals surface area contributed by atoms with Gasteiger partial charge in [-0.15, -0.1) is 0 Å². The van der Waals surface area contributed by atoms with Gasteiger partial charge in [-0.1, -0.05) is 13.0 Å². The van der Waals surface area contributed by atoms with Crippen molar-refractivity contribution in [3.05, 3.63) is 74.6 Å². The molecule has 1 aliphatic heterocycles. The molecule has 0 bridgehead atoms. The molecule has 2 aromatic carbocycles. The van der Waals surface area contributed by atoms with Crippen LogP contribution in [0.1, 0.15) is 64.6 Å². The summed E-state index contributed by atoms with van der Waals surface area (Å²) in [6, 6.07) is 4.71. The SMILES string of the molecule is CCC(=O)c1ccc(C(F)c2cc3c(=O)n([C@H]4CCOC[C@@H]4O)cnc3c(C)c2C)cc1F. The highest BCUT2D eigenvalue weighted by atomic mass is 19.1. The molecule has 0 aliphatic carbocycles. The third-order valence-corrected chi connectivity index (χ3v) is 6.51. The summed E-state index contributed by atoms with van der Waals surface area (Å²) < 4.78 is 36.7. The van der Waals surface area contributed by atoms with Crippen molar-refractivity contribution in [2.45, 2.75) is 51.9 Å². The van der Waals surface area contributed by atoms with Crippen LogP contribution in [0.5, 0.6) is 0 Å². The lowest BCUT2D eigenvalue weighted by atomic mass is 9.92. The van der Waals surface area contributed by atoms with Crippen molar-refractivity contribution in [1.82, 2.24) is 9.55 Å². The Bertz CT molecular complexity index is 1290. The number of aliphatic hydroxyl groups excluding tert-OH is 1. The first-order chi connectivity index (χ1) is 15.7. The molecule has 1 aliphatic rings. The van der Waals surface area contributed by atoms with Gasteiger partial charge < -0.3 is 9.84 Å². The van der Waals surface area contributed by atoms with E-state index in [2.05, 4.69) is 4.98 Å². The molecule has 4 rings (SSSR count). The Morgan fingerprint density at radius 2 is 2.06 bits per heavy atom. The van der Waals surface area contributed by atoms with E-state index in [-0.39, 0.29) is 46.4 Å². The number of carbonyl (C=O) groups is 1. The molecule has 0 amide bonds. The molecule has 0 saturated carbocycles. The fourth-order valence-corrected chi connectivity index (χ4v) is 4.39. The number of alkyl halides is 1. The number of nitrogens with zero attached hydrogens (tertiary/aromatic N) is 2. The molecule has 33 heavy (non-hydrogen) atoms. The van der Waals surface area contributed by atoms with E-state index >= 15 is 4.39 Å². The molecule has 6 nitrogen and oxygen atoms in total. The van der Waals surface area contributed by atoms with E-state index in [4.69, 9.17) is 4.74 Å². The third kappa shape index (κ3) is 4.09. The van der Waals surface area contributed by atoms with Crippen LogP contribution >= 0.6 is 0 Å². The highest BCUT2D eigenvalue weighted by molar-refractivity contribution is 5.96. The Balaban J connectivity index is 1.82. The van der Waals surface area contributed by atoms with Gasteiger partial charge in [0.05, 0.1) is 41.5 Å². The lowest BCUT2D eigenvalue weighted by Gasteiger charge is -2.29. The number of Topliss-reactive ketones (excluding diaryl/α,β-unsaturated/α-hetero) is 1. The average molecular weight is 456 g/mol. The fourth-order valence-electron chi connectivity index (χ4n) is 4.39. The zero-order valence-corrected chi connectivity index (χ0v) is 18.8.